The SMILES string of the molecule is O=C(CCNC(=O)c1ccc(Cl)o1)Nc1ccncc1. The van der Waals surface area contributed by atoms with Crippen LogP contribution < -0.4 is 10.6 Å². The highest BCUT2D eigenvalue weighted by Gasteiger charge is 2.10. The molecule has 0 bridgehead atoms. The van der Waals surface area contributed by atoms with Crippen molar-refractivity contribution < 1.29 is 14.0 Å². The molecular weight excluding hydrogens is 282 g/mol. The molecule has 104 valence electrons. The Morgan fingerprint density at radius 3 is 2.60 bits per heavy atom. The number of furan rings is 1. The van der Waals surface area contributed by atoms with E-state index in [1.165, 1.54) is 12.1 Å². The first-order valence-corrected chi connectivity index (χ1v) is 6.26. The van der Waals surface area contributed by atoms with Crippen LogP contribution in [0.3, 0.4) is 0 Å². The van der Waals surface area contributed by atoms with Gasteiger partial charge < -0.3 is 15.1 Å². The summed E-state index contributed by atoms with van der Waals surface area (Å²) >= 11 is 5.56. The van der Waals surface area contributed by atoms with Crippen LogP contribution in [0.15, 0.2) is 41.1 Å². The third-order valence-corrected chi connectivity index (χ3v) is 2.60. The van der Waals surface area contributed by atoms with Crippen LogP contribution in [-0.2, 0) is 4.79 Å². The zero-order valence-corrected chi connectivity index (χ0v) is 11.2. The molecule has 0 aliphatic carbocycles. The van der Waals surface area contributed by atoms with Gasteiger partial charge in [-0.3, -0.25) is 14.6 Å². The van der Waals surface area contributed by atoms with E-state index < -0.39 is 5.91 Å². The summed E-state index contributed by atoms with van der Waals surface area (Å²) in [7, 11) is 0. The number of nitrogens with zero attached hydrogens (tertiary/aromatic N) is 1. The maximum Gasteiger partial charge on any atom is 0.287 e. The van der Waals surface area contributed by atoms with Crippen molar-refractivity contribution >= 4 is 29.1 Å². The zero-order valence-electron chi connectivity index (χ0n) is 10.4. The molecule has 7 heteroatoms. The Labute approximate surface area is 120 Å². The topological polar surface area (TPSA) is 84.2 Å². The quantitative estimate of drug-likeness (QED) is 0.884. The molecule has 0 saturated carbocycles. The van der Waals surface area contributed by atoms with Crippen LogP contribution in [0.4, 0.5) is 5.69 Å². The lowest BCUT2D eigenvalue weighted by Gasteiger charge is -2.05. The Bertz CT molecular complexity index is 598. The van der Waals surface area contributed by atoms with Gasteiger partial charge in [0.25, 0.3) is 5.91 Å². The average molecular weight is 294 g/mol. The summed E-state index contributed by atoms with van der Waals surface area (Å²) in [6, 6.07) is 6.31. The van der Waals surface area contributed by atoms with E-state index in [1.54, 1.807) is 24.5 Å². The van der Waals surface area contributed by atoms with E-state index in [-0.39, 0.29) is 29.9 Å². The fraction of sp³-hybridized carbons (Fsp3) is 0.154. The van der Waals surface area contributed by atoms with Crippen LogP contribution in [-0.4, -0.2) is 23.3 Å². The van der Waals surface area contributed by atoms with Crippen molar-refractivity contribution in [1.29, 1.82) is 0 Å². The summed E-state index contributed by atoms with van der Waals surface area (Å²) < 4.78 is 4.94. The van der Waals surface area contributed by atoms with Crippen molar-refractivity contribution in [3.05, 3.63) is 47.6 Å². The lowest BCUT2D eigenvalue weighted by Crippen LogP contribution is -2.27. The summed E-state index contributed by atoms with van der Waals surface area (Å²) in [5.41, 5.74) is 0.661. The molecule has 2 heterocycles. The first-order chi connectivity index (χ1) is 9.65. The largest absolute Gasteiger partial charge is 0.440 e. The highest BCUT2D eigenvalue weighted by molar-refractivity contribution is 6.29. The molecule has 20 heavy (non-hydrogen) atoms. The molecule has 2 rings (SSSR count). The molecule has 0 aliphatic heterocycles. The van der Waals surface area contributed by atoms with E-state index in [4.69, 9.17) is 16.0 Å². The van der Waals surface area contributed by atoms with Crippen molar-refractivity contribution in [2.75, 3.05) is 11.9 Å². The second-order valence-corrected chi connectivity index (χ2v) is 4.27. The molecule has 0 fully saturated rings. The highest BCUT2D eigenvalue weighted by Crippen LogP contribution is 2.12. The van der Waals surface area contributed by atoms with Crippen molar-refractivity contribution in [2.24, 2.45) is 0 Å². The maximum atomic E-state index is 11.6. The van der Waals surface area contributed by atoms with Crippen molar-refractivity contribution in [1.82, 2.24) is 10.3 Å². The zero-order chi connectivity index (χ0) is 14.4. The molecule has 2 aromatic rings. The van der Waals surface area contributed by atoms with Crippen molar-refractivity contribution in [2.45, 2.75) is 6.42 Å². The number of halogens is 1. The number of carbonyl (C=O) groups excluding carboxylic acids is 2. The van der Waals surface area contributed by atoms with Gasteiger partial charge in [0.05, 0.1) is 0 Å². The maximum absolute atomic E-state index is 11.6. The van der Waals surface area contributed by atoms with Crippen LogP contribution >= 0.6 is 11.6 Å². The minimum absolute atomic E-state index is 0.115. The third kappa shape index (κ3) is 4.10. The van der Waals surface area contributed by atoms with Crippen LogP contribution in [0.2, 0.25) is 5.22 Å². The fourth-order valence-electron chi connectivity index (χ4n) is 1.47. The summed E-state index contributed by atoms with van der Waals surface area (Å²) in [4.78, 5) is 27.0. The predicted molar refractivity (Wildman–Crippen MR) is 73.5 cm³/mol. The van der Waals surface area contributed by atoms with E-state index in [0.29, 0.717) is 5.69 Å². The van der Waals surface area contributed by atoms with E-state index in [1.807, 2.05) is 0 Å². The minimum atomic E-state index is -0.409. The second-order valence-electron chi connectivity index (χ2n) is 3.89. The molecule has 6 nitrogen and oxygen atoms in total. The normalized spacial score (nSPS) is 10.1. The molecule has 0 spiro atoms. The van der Waals surface area contributed by atoms with Gasteiger partial charge in [-0.1, -0.05) is 0 Å². The summed E-state index contributed by atoms with van der Waals surface area (Å²) in [6.07, 6.45) is 3.32. The number of nitrogens with one attached hydrogen (secondary N) is 2. The minimum Gasteiger partial charge on any atom is -0.440 e. The smallest absolute Gasteiger partial charge is 0.287 e. The van der Waals surface area contributed by atoms with Gasteiger partial charge in [0.2, 0.25) is 5.91 Å². The van der Waals surface area contributed by atoms with Gasteiger partial charge in [0, 0.05) is 31.0 Å². The second kappa shape index (κ2) is 6.72. The number of hydrogen-bond donors (Lipinski definition) is 2. The van der Waals surface area contributed by atoms with Crippen LogP contribution in [0.1, 0.15) is 17.0 Å². The Hall–Kier alpha value is -2.34. The predicted octanol–water partition coefficient (Wildman–Crippen LogP) is 2.09. The Morgan fingerprint density at radius 1 is 1.20 bits per heavy atom. The number of carbonyl (C=O) groups is 2. The highest BCUT2D eigenvalue weighted by atomic mass is 35.5. The molecule has 2 amide bonds. The van der Waals surface area contributed by atoms with Gasteiger partial charge >= 0.3 is 0 Å². The van der Waals surface area contributed by atoms with E-state index in [9.17, 15) is 9.59 Å². The fourth-order valence-corrected chi connectivity index (χ4v) is 1.62. The Kier molecular flexibility index (Phi) is 4.73. The number of aromatic nitrogens is 1. The third-order valence-electron chi connectivity index (χ3n) is 2.40. The molecule has 0 saturated heterocycles. The Balaban J connectivity index is 1.73. The van der Waals surface area contributed by atoms with E-state index >= 15 is 0 Å². The Morgan fingerprint density at radius 2 is 1.95 bits per heavy atom. The summed E-state index contributed by atoms with van der Waals surface area (Å²) in [5, 5.41) is 5.39. The van der Waals surface area contributed by atoms with Crippen LogP contribution in [0, 0.1) is 0 Å². The molecule has 0 radical (unpaired) electrons. The number of anilines is 1. The van der Waals surface area contributed by atoms with Crippen LogP contribution in [0.5, 0.6) is 0 Å². The number of hydrogen-bond acceptors (Lipinski definition) is 4. The first kappa shape index (κ1) is 14.1. The average Bonchev–Trinajstić information content (AvgIpc) is 2.86. The lowest BCUT2D eigenvalue weighted by molar-refractivity contribution is -0.116. The molecule has 2 aromatic heterocycles. The molecule has 2 N–H and O–H groups in total. The van der Waals surface area contributed by atoms with Gasteiger partial charge in [-0.25, -0.2) is 0 Å². The van der Waals surface area contributed by atoms with Crippen molar-refractivity contribution in [3.8, 4) is 0 Å². The van der Waals surface area contributed by atoms with E-state index in [2.05, 4.69) is 15.6 Å². The standard InChI is InChI=1S/C13H12ClN3O3/c14-11-2-1-10(20-11)13(19)16-8-5-12(18)17-9-3-6-15-7-4-9/h1-4,6-7H,5,8H2,(H,16,19)(H,15,17,18). The van der Waals surface area contributed by atoms with Gasteiger partial charge in [0.15, 0.2) is 11.0 Å². The number of rotatable bonds is 5. The van der Waals surface area contributed by atoms with Crippen LogP contribution in [0.25, 0.3) is 0 Å². The molecule has 0 unspecified atom stereocenters. The van der Waals surface area contributed by atoms with Gasteiger partial charge in [-0.15, -0.1) is 0 Å². The number of pyridine rings is 1. The number of amides is 2. The van der Waals surface area contributed by atoms with E-state index in [0.717, 1.165) is 0 Å². The van der Waals surface area contributed by atoms with Gasteiger partial charge in [-0.05, 0) is 35.9 Å². The molecule has 0 aromatic carbocycles. The van der Waals surface area contributed by atoms with Crippen molar-refractivity contribution in [3.63, 3.8) is 0 Å². The first-order valence-electron chi connectivity index (χ1n) is 5.88. The summed E-state index contributed by atoms with van der Waals surface area (Å²) in [6.45, 7) is 0.202. The van der Waals surface area contributed by atoms with Gasteiger partial charge in [0.1, 0.15) is 0 Å². The molecule has 0 aliphatic rings. The summed E-state index contributed by atoms with van der Waals surface area (Å²) in [5.74, 6) is -0.493. The lowest BCUT2D eigenvalue weighted by atomic mass is 10.3. The monoisotopic (exact) mass is 293 g/mol. The molecule has 0 atom stereocenters. The molecular formula is C13H12ClN3O3. The van der Waals surface area contributed by atoms with Gasteiger partial charge in [-0.2, -0.15) is 0 Å².